The molecule has 0 saturated heterocycles. The molecule has 0 spiro atoms. The number of fused-ring (bicyclic) bond motifs is 1. The Bertz CT molecular complexity index is 522. The van der Waals surface area contributed by atoms with E-state index in [4.69, 9.17) is 0 Å². The van der Waals surface area contributed by atoms with Crippen molar-refractivity contribution in [2.75, 3.05) is 0 Å². The third-order valence-electron chi connectivity index (χ3n) is 5.16. The van der Waals surface area contributed by atoms with E-state index >= 15 is 0 Å². The lowest BCUT2D eigenvalue weighted by molar-refractivity contribution is 0.292. The molecule has 0 bridgehead atoms. The molecule has 2 heteroatoms. The number of hydrogen-bond donors (Lipinski definition) is 0. The molecule has 2 aliphatic carbocycles. The maximum Gasteiger partial charge on any atom is 0.129 e. The van der Waals surface area contributed by atoms with Crippen LogP contribution in [0.5, 0.6) is 0 Å². The summed E-state index contributed by atoms with van der Waals surface area (Å²) in [7, 11) is 0. The van der Waals surface area contributed by atoms with Gasteiger partial charge < -0.3 is 0 Å². The minimum Gasteiger partial charge on any atom is -0.207 e. The Balaban J connectivity index is 1.74. The van der Waals surface area contributed by atoms with Crippen LogP contribution < -0.4 is 0 Å². The third-order valence-corrected chi connectivity index (χ3v) is 5.16. The number of benzene rings is 1. The first-order valence-electron chi connectivity index (χ1n) is 7.83. The summed E-state index contributed by atoms with van der Waals surface area (Å²) in [5, 5.41) is 0. The Hall–Kier alpha value is -1.18. The zero-order chi connectivity index (χ0) is 14.1. The van der Waals surface area contributed by atoms with Crippen molar-refractivity contribution in [3.8, 4) is 0 Å². The van der Waals surface area contributed by atoms with Gasteiger partial charge in [0.25, 0.3) is 0 Å². The second kappa shape index (κ2) is 5.67. The van der Waals surface area contributed by atoms with Crippen LogP contribution in [-0.2, 0) is 12.8 Å². The van der Waals surface area contributed by atoms with Crippen molar-refractivity contribution in [1.29, 1.82) is 0 Å². The maximum atomic E-state index is 13.7. The zero-order valence-corrected chi connectivity index (χ0v) is 12.1. The third kappa shape index (κ3) is 2.65. The molecule has 1 saturated carbocycles. The Morgan fingerprint density at radius 3 is 2.55 bits per heavy atom. The molecule has 1 aromatic carbocycles. The van der Waals surface area contributed by atoms with Crippen molar-refractivity contribution in [2.45, 2.75) is 51.9 Å². The van der Waals surface area contributed by atoms with E-state index in [9.17, 15) is 8.78 Å². The van der Waals surface area contributed by atoms with Crippen LogP contribution in [0.3, 0.4) is 0 Å². The summed E-state index contributed by atoms with van der Waals surface area (Å²) in [5.41, 5.74) is 2.96. The van der Waals surface area contributed by atoms with Gasteiger partial charge in [0.1, 0.15) is 11.6 Å². The van der Waals surface area contributed by atoms with Crippen LogP contribution in [0.4, 0.5) is 8.78 Å². The summed E-state index contributed by atoms with van der Waals surface area (Å²) in [6.07, 6.45) is 9.96. The highest BCUT2D eigenvalue weighted by atomic mass is 19.1. The molecule has 0 N–H and O–H groups in total. The molecule has 0 amide bonds. The number of halogens is 2. The molecule has 1 fully saturated rings. The van der Waals surface area contributed by atoms with Gasteiger partial charge in [-0.2, -0.15) is 0 Å². The van der Waals surface area contributed by atoms with Gasteiger partial charge in [-0.1, -0.05) is 25.0 Å². The van der Waals surface area contributed by atoms with E-state index in [1.165, 1.54) is 43.7 Å². The lowest BCUT2D eigenvalue weighted by Crippen LogP contribution is -2.19. The van der Waals surface area contributed by atoms with Gasteiger partial charge in [-0.05, 0) is 67.6 Å². The molecule has 3 rings (SSSR count). The molecule has 0 nitrogen and oxygen atoms in total. The van der Waals surface area contributed by atoms with Crippen LogP contribution in [-0.4, -0.2) is 0 Å². The minimum atomic E-state index is -0.447. The van der Waals surface area contributed by atoms with Gasteiger partial charge >= 0.3 is 0 Å². The Kier molecular flexibility index (Phi) is 3.91. The first-order valence-corrected chi connectivity index (χ1v) is 7.83. The molecule has 20 heavy (non-hydrogen) atoms. The molecule has 108 valence electrons. The van der Waals surface area contributed by atoms with Crippen LogP contribution in [0.2, 0.25) is 0 Å². The summed E-state index contributed by atoms with van der Waals surface area (Å²) in [4.78, 5) is 0. The Morgan fingerprint density at radius 2 is 1.85 bits per heavy atom. The maximum absolute atomic E-state index is 13.7. The number of allylic oxidation sites excluding steroid dienone is 2. The Labute approximate surface area is 119 Å². The second-order valence-electron chi connectivity index (χ2n) is 6.31. The van der Waals surface area contributed by atoms with E-state index in [2.05, 4.69) is 13.0 Å². The fourth-order valence-electron chi connectivity index (χ4n) is 3.82. The van der Waals surface area contributed by atoms with Crippen LogP contribution >= 0.6 is 0 Å². The molecule has 0 atom stereocenters. The molecule has 0 heterocycles. The van der Waals surface area contributed by atoms with Crippen molar-refractivity contribution in [3.63, 3.8) is 0 Å². The first-order chi connectivity index (χ1) is 9.67. The monoisotopic (exact) mass is 276 g/mol. The summed E-state index contributed by atoms with van der Waals surface area (Å²) < 4.78 is 27.1. The largest absolute Gasteiger partial charge is 0.207 e. The van der Waals surface area contributed by atoms with Crippen LogP contribution in [0, 0.1) is 23.5 Å². The summed E-state index contributed by atoms with van der Waals surface area (Å²) in [5.74, 6) is 0.692. The first kappa shape index (κ1) is 13.8. The highest BCUT2D eigenvalue weighted by Crippen LogP contribution is 2.38. The molecule has 1 aromatic rings. The van der Waals surface area contributed by atoms with Crippen molar-refractivity contribution in [1.82, 2.24) is 0 Å². The topological polar surface area (TPSA) is 0 Å². The number of rotatable bonds is 2. The van der Waals surface area contributed by atoms with Gasteiger partial charge in [0.2, 0.25) is 0 Å². The van der Waals surface area contributed by atoms with Crippen molar-refractivity contribution in [3.05, 3.63) is 46.5 Å². The van der Waals surface area contributed by atoms with E-state index in [1.54, 1.807) is 0 Å². The average molecular weight is 276 g/mol. The lowest BCUT2D eigenvalue weighted by Gasteiger charge is -2.31. The Morgan fingerprint density at radius 1 is 1.10 bits per heavy atom. The van der Waals surface area contributed by atoms with E-state index in [-0.39, 0.29) is 5.82 Å². The van der Waals surface area contributed by atoms with Crippen LogP contribution in [0.1, 0.15) is 50.2 Å². The molecule has 2 aliphatic rings. The molecule has 0 aliphatic heterocycles. The van der Waals surface area contributed by atoms with E-state index in [1.807, 2.05) is 0 Å². The predicted octanol–water partition coefficient (Wildman–Crippen LogP) is 5.21. The van der Waals surface area contributed by atoms with Crippen molar-refractivity contribution >= 4 is 0 Å². The minimum absolute atomic E-state index is 0.384. The molecule has 0 aromatic heterocycles. The van der Waals surface area contributed by atoms with Gasteiger partial charge in [0.05, 0.1) is 0 Å². The zero-order valence-electron chi connectivity index (χ0n) is 12.1. The standard InChI is InChI=1S/C18H22F2/c1-2-12-3-5-13(6-4-12)14-7-8-17-15(9-14)10-16(19)11-18(17)20/h7,10-13H,2-6,8-9H2,1H3. The average Bonchev–Trinajstić information content (AvgIpc) is 2.46. The fourth-order valence-corrected chi connectivity index (χ4v) is 3.82. The summed E-state index contributed by atoms with van der Waals surface area (Å²) >= 11 is 0. The van der Waals surface area contributed by atoms with Gasteiger partial charge in [-0.15, -0.1) is 0 Å². The normalized spacial score (nSPS) is 26.1. The number of hydrogen-bond acceptors (Lipinski definition) is 0. The highest BCUT2D eigenvalue weighted by molar-refractivity contribution is 5.39. The van der Waals surface area contributed by atoms with Gasteiger partial charge in [0, 0.05) is 6.07 Å². The molecular weight excluding hydrogens is 254 g/mol. The molecule has 0 radical (unpaired) electrons. The second-order valence-corrected chi connectivity index (χ2v) is 6.31. The fraction of sp³-hybridized carbons (Fsp3) is 0.556. The van der Waals surface area contributed by atoms with Crippen LogP contribution in [0.15, 0.2) is 23.8 Å². The highest BCUT2D eigenvalue weighted by Gasteiger charge is 2.25. The summed E-state index contributed by atoms with van der Waals surface area (Å²) in [6.45, 7) is 2.27. The SMILES string of the molecule is CCC1CCC(C2=CCc3c(F)cc(F)cc3C2)CC1. The molecular formula is C18H22F2. The summed E-state index contributed by atoms with van der Waals surface area (Å²) in [6, 6.07) is 2.52. The predicted molar refractivity (Wildman–Crippen MR) is 77.6 cm³/mol. The lowest BCUT2D eigenvalue weighted by atomic mass is 9.74. The van der Waals surface area contributed by atoms with E-state index in [0.29, 0.717) is 17.9 Å². The van der Waals surface area contributed by atoms with Crippen molar-refractivity contribution in [2.24, 2.45) is 11.8 Å². The molecule has 0 unspecified atom stereocenters. The van der Waals surface area contributed by atoms with Gasteiger partial charge in [-0.25, -0.2) is 8.78 Å². The van der Waals surface area contributed by atoms with Crippen LogP contribution in [0.25, 0.3) is 0 Å². The van der Waals surface area contributed by atoms with E-state index in [0.717, 1.165) is 24.0 Å². The smallest absolute Gasteiger partial charge is 0.129 e. The van der Waals surface area contributed by atoms with Gasteiger partial charge in [0.15, 0.2) is 0 Å². The van der Waals surface area contributed by atoms with Crippen molar-refractivity contribution < 1.29 is 8.78 Å². The van der Waals surface area contributed by atoms with E-state index < -0.39 is 5.82 Å². The van der Waals surface area contributed by atoms with Gasteiger partial charge in [-0.3, -0.25) is 0 Å². The quantitative estimate of drug-likeness (QED) is 0.651.